The maximum atomic E-state index is 5.86. The van der Waals surface area contributed by atoms with Gasteiger partial charge >= 0.3 is 0 Å². The first-order valence-corrected chi connectivity index (χ1v) is 6.57. The molecule has 0 saturated heterocycles. The van der Waals surface area contributed by atoms with E-state index in [0.29, 0.717) is 6.10 Å². The average Bonchev–Trinajstić information content (AvgIpc) is 3.00. The van der Waals surface area contributed by atoms with Crippen molar-refractivity contribution in [2.45, 2.75) is 65.0 Å². The highest BCUT2D eigenvalue weighted by molar-refractivity contribution is 4.81. The molecule has 15 heavy (non-hydrogen) atoms. The molecule has 0 aromatic rings. The summed E-state index contributed by atoms with van der Waals surface area (Å²) in [6.07, 6.45) is 6.77. The summed E-state index contributed by atoms with van der Waals surface area (Å²) in [6.45, 7) is 8.73. The minimum atomic E-state index is 0.428. The summed E-state index contributed by atoms with van der Waals surface area (Å²) < 4.78 is 5.86. The Hall–Kier alpha value is -0.0800. The molecule has 0 bridgehead atoms. The summed E-state index contributed by atoms with van der Waals surface area (Å²) >= 11 is 0. The van der Waals surface area contributed by atoms with E-state index in [2.05, 4.69) is 26.1 Å². The van der Waals surface area contributed by atoms with Crippen molar-refractivity contribution in [2.24, 2.45) is 5.92 Å². The van der Waals surface area contributed by atoms with Crippen molar-refractivity contribution in [3.8, 4) is 0 Å². The van der Waals surface area contributed by atoms with Gasteiger partial charge in [0.1, 0.15) is 0 Å². The average molecular weight is 213 g/mol. The van der Waals surface area contributed by atoms with E-state index < -0.39 is 0 Å². The standard InChI is InChI=1S/C13H27NO/c1-4-13(10-14-12-7-8-12)15-9-5-6-11(2)3/h11-14H,4-10H2,1-3H3. The van der Waals surface area contributed by atoms with Crippen LogP contribution in [0.2, 0.25) is 0 Å². The van der Waals surface area contributed by atoms with E-state index in [9.17, 15) is 0 Å². The molecule has 0 aromatic heterocycles. The number of ether oxygens (including phenoxy) is 1. The Kier molecular flexibility index (Phi) is 6.26. The van der Waals surface area contributed by atoms with Crippen molar-refractivity contribution >= 4 is 0 Å². The molecule has 0 aliphatic heterocycles. The molecule has 0 radical (unpaired) electrons. The van der Waals surface area contributed by atoms with Gasteiger partial charge < -0.3 is 10.1 Å². The predicted molar refractivity (Wildman–Crippen MR) is 65.1 cm³/mol. The maximum absolute atomic E-state index is 5.86. The lowest BCUT2D eigenvalue weighted by atomic mass is 10.1. The van der Waals surface area contributed by atoms with Gasteiger partial charge in [-0.1, -0.05) is 20.8 Å². The fourth-order valence-electron chi connectivity index (χ4n) is 1.65. The molecule has 1 saturated carbocycles. The summed E-state index contributed by atoms with van der Waals surface area (Å²) in [7, 11) is 0. The molecule has 1 unspecified atom stereocenters. The van der Waals surface area contributed by atoms with Crippen molar-refractivity contribution < 1.29 is 4.74 Å². The second-order valence-corrected chi connectivity index (χ2v) is 5.12. The van der Waals surface area contributed by atoms with Gasteiger partial charge in [-0.25, -0.2) is 0 Å². The summed E-state index contributed by atoms with van der Waals surface area (Å²) in [5, 5.41) is 3.53. The van der Waals surface area contributed by atoms with Crippen LogP contribution in [0.4, 0.5) is 0 Å². The Bertz CT molecular complexity index is 155. The molecule has 1 aliphatic carbocycles. The van der Waals surface area contributed by atoms with Gasteiger partial charge in [-0.2, -0.15) is 0 Å². The van der Waals surface area contributed by atoms with Gasteiger partial charge in [0.15, 0.2) is 0 Å². The van der Waals surface area contributed by atoms with Gasteiger partial charge in [0.2, 0.25) is 0 Å². The Balaban J connectivity index is 1.94. The van der Waals surface area contributed by atoms with Gasteiger partial charge in [0.05, 0.1) is 6.10 Å². The van der Waals surface area contributed by atoms with E-state index in [-0.39, 0.29) is 0 Å². The third-order valence-corrected chi connectivity index (χ3v) is 2.95. The minimum absolute atomic E-state index is 0.428. The lowest BCUT2D eigenvalue weighted by molar-refractivity contribution is 0.0468. The molecule has 0 aromatic carbocycles. The molecule has 90 valence electrons. The monoisotopic (exact) mass is 213 g/mol. The molecule has 1 atom stereocenters. The summed E-state index contributed by atoms with van der Waals surface area (Å²) in [5.74, 6) is 0.804. The van der Waals surface area contributed by atoms with Crippen LogP contribution in [0.1, 0.15) is 52.9 Å². The SMILES string of the molecule is CCC(CNC1CC1)OCCCC(C)C. The summed E-state index contributed by atoms with van der Waals surface area (Å²) in [4.78, 5) is 0. The van der Waals surface area contributed by atoms with Gasteiger partial charge in [0.25, 0.3) is 0 Å². The van der Waals surface area contributed by atoms with Crippen LogP contribution in [0.3, 0.4) is 0 Å². The van der Waals surface area contributed by atoms with Crippen molar-refractivity contribution in [2.75, 3.05) is 13.2 Å². The largest absolute Gasteiger partial charge is 0.377 e. The zero-order valence-corrected chi connectivity index (χ0v) is 10.6. The summed E-state index contributed by atoms with van der Waals surface area (Å²) in [6, 6.07) is 0.804. The van der Waals surface area contributed by atoms with E-state index >= 15 is 0 Å². The predicted octanol–water partition coefficient (Wildman–Crippen LogP) is 2.97. The van der Waals surface area contributed by atoms with Crippen LogP contribution in [-0.2, 0) is 4.74 Å². The van der Waals surface area contributed by atoms with Gasteiger partial charge in [-0.3, -0.25) is 0 Å². The Labute approximate surface area is 94.8 Å². The number of rotatable bonds is 9. The molecule has 0 spiro atoms. The molecular weight excluding hydrogens is 186 g/mol. The highest BCUT2D eigenvalue weighted by Gasteiger charge is 2.21. The normalized spacial score (nSPS) is 18.4. The third kappa shape index (κ3) is 6.91. The van der Waals surface area contributed by atoms with E-state index in [4.69, 9.17) is 4.74 Å². The van der Waals surface area contributed by atoms with Crippen LogP contribution in [0, 0.1) is 5.92 Å². The first-order valence-electron chi connectivity index (χ1n) is 6.57. The van der Waals surface area contributed by atoms with Gasteiger partial charge in [0, 0.05) is 19.2 Å². The fourth-order valence-corrected chi connectivity index (χ4v) is 1.65. The fraction of sp³-hybridized carbons (Fsp3) is 1.00. The minimum Gasteiger partial charge on any atom is -0.377 e. The first kappa shape index (κ1) is 13.0. The van der Waals surface area contributed by atoms with Gasteiger partial charge in [-0.15, -0.1) is 0 Å². The van der Waals surface area contributed by atoms with Crippen LogP contribution >= 0.6 is 0 Å². The molecule has 1 N–H and O–H groups in total. The molecule has 1 rings (SSSR count). The van der Waals surface area contributed by atoms with Crippen LogP contribution in [0.15, 0.2) is 0 Å². The Morgan fingerprint density at radius 1 is 1.33 bits per heavy atom. The number of nitrogens with one attached hydrogen (secondary N) is 1. The topological polar surface area (TPSA) is 21.3 Å². The molecule has 0 amide bonds. The van der Waals surface area contributed by atoms with Crippen molar-refractivity contribution in [1.29, 1.82) is 0 Å². The second kappa shape index (κ2) is 7.24. The van der Waals surface area contributed by atoms with Crippen molar-refractivity contribution in [3.05, 3.63) is 0 Å². The summed E-state index contributed by atoms with van der Waals surface area (Å²) in [5.41, 5.74) is 0. The van der Waals surface area contributed by atoms with E-state index in [1.807, 2.05) is 0 Å². The van der Waals surface area contributed by atoms with Crippen LogP contribution in [0.5, 0.6) is 0 Å². The van der Waals surface area contributed by atoms with Gasteiger partial charge in [-0.05, 0) is 38.0 Å². The highest BCUT2D eigenvalue weighted by atomic mass is 16.5. The van der Waals surface area contributed by atoms with Crippen LogP contribution < -0.4 is 5.32 Å². The smallest absolute Gasteiger partial charge is 0.0696 e. The Morgan fingerprint density at radius 2 is 2.07 bits per heavy atom. The molecule has 1 fully saturated rings. The first-order chi connectivity index (χ1) is 7.22. The lowest BCUT2D eigenvalue weighted by Crippen LogP contribution is -2.30. The zero-order chi connectivity index (χ0) is 11.1. The Morgan fingerprint density at radius 3 is 2.60 bits per heavy atom. The second-order valence-electron chi connectivity index (χ2n) is 5.12. The van der Waals surface area contributed by atoms with E-state index in [0.717, 1.165) is 31.5 Å². The van der Waals surface area contributed by atoms with E-state index in [1.165, 1.54) is 25.7 Å². The molecule has 0 heterocycles. The lowest BCUT2D eigenvalue weighted by Gasteiger charge is -2.17. The molecule has 2 nitrogen and oxygen atoms in total. The van der Waals surface area contributed by atoms with Crippen LogP contribution in [0.25, 0.3) is 0 Å². The quantitative estimate of drug-likeness (QED) is 0.595. The van der Waals surface area contributed by atoms with Crippen molar-refractivity contribution in [1.82, 2.24) is 5.32 Å². The van der Waals surface area contributed by atoms with E-state index in [1.54, 1.807) is 0 Å². The number of hydrogen-bond donors (Lipinski definition) is 1. The molecule has 2 heteroatoms. The zero-order valence-electron chi connectivity index (χ0n) is 10.6. The maximum Gasteiger partial charge on any atom is 0.0696 e. The van der Waals surface area contributed by atoms with Crippen molar-refractivity contribution in [3.63, 3.8) is 0 Å². The highest BCUT2D eigenvalue weighted by Crippen LogP contribution is 2.18. The van der Waals surface area contributed by atoms with Crippen LogP contribution in [-0.4, -0.2) is 25.3 Å². The third-order valence-electron chi connectivity index (χ3n) is 2.95. The number of hydrogen-bond acceptors (Lipinski definition) is 2. The molecule has 1 aliphatic rings. The molecular formula is C13H27NO.